The van der Waals surface area contributed by atoms with Gasteiger partial charge in [0.05, 0.1) is 22.5 Å². The van der Waals surface area contributed by atoms with E-state index in [1.54, 1.807) is 0 Å². The van der Waals surface area contributed by atoms with E-state index < -0.39 is 52.2 Å². The number of carbonyl (C=O) groups excluding carboxylic acids is 1. The first-order valence-corrected chi connectivity index (χ1v) is 6.52. The molecule has 0 spiro atoms. The molecular weight excluding hydrogens is 330 g/mol. The minimum atomic E-state index is -1.91. The molecule has 0 radical (unpaired) electrons. The summed E-state index contributed by atoms with van der Waals surface area (Å²) < 4.78 is 0. The number of rotatable bonds is 9. The molecule has 0 bridgehead atoms. The Kier molecular flexibility index (Phi) is 6.67. The molecule has 0 heterocycles. The second-order valence-corrected chi connectivity index (χ2v) is 4.75. The predicted molar refractivity (Wildman–Crippen MR) is 78.3 cm³/mol. The molecule has 1 aromatic rings. The summed E-state index contributed by atoms with van der Waals surface area (Å²) in [6.07, 6.45) is -5.42. The number of carbonyl (C=O) groups is 1. The number of aliphatic hydroxyl groups excluding tert-OH is 4. The minimum Gasteiger partial charge on any atom is -0.394 e. The number of hydrogen-bond donors (Lipinski definition) is 5. The van der Waals surface area contributed by atoms with Gasteiger partial charge >= 0.3 is 0 Å². The van der Waals surface area contributed by atoms with Crippen molar-refractivity contribution in [3.05, 3.63) is 38.4 Å². The Morgan fingerprint density at radius 1 is 1.12 bits per heavy atom. The summed E-state index contributed by atoms with van der Waals surface area (Å²) in [5, 5.41) is 61.3. The van der Waals surface area contributed by atoms with Crippen LogP contribution in [0.25, 0.3) is 0 Å². The quantitative estimate of drug-likeness (QED) is 0.201. The number of nitrogens with zero attached hydrogens (tertiary/aromatic N) is 2. The van der Waals surface area contributed by atoms with Crippen LogP contribution in [0.4, 0.5) is 17.1 Å². The van der Waals surface area contributed by atoms with Crippen molar-refractivity contribution >= 4 is 23.3 Å². The van der Waals surface area contributed by atoms with Gasteiger partial charge < -0.3 is 30.5 Å². The lowest BCUT2D eigenvalue weighted by atomic mass is 10.0. The lowest BCUT2D eigenvalue weighted by molar-refractivity contribution is -0.393. The second kappa shape index (κ2) is 8.26. The molecule has 5 N–H and O–H groups in total. The van der Waals surface area contributed by atoms with Crippen LogP contribution in [0, 0.1) is 20.2 Å². The van der Waals surface area contributed by atoms with Gasteiger partial charge in [-0.1, -0.05) is 0 Å². The topological polar surface area (TPSA) is 196 Å². The van der Waals surface area contributed by atoms with E-state index >= 15 is 0 Å². The number of anilines is 1. The van der Waals surface area contributed by atoms with Gasteiger partial charge in [0, 0.05) is 6.07 Å². The van der Waals surface area contributed by atoms with Crippen molar-refractivity contribution in [2.45, 2.75) is 24.4 Å². The summed E-state index contributed by atoms with van der Waals surface area (Å²) in [6.45, 7) is -0.887. The summed E-state index contributed by atoms with van der Waals surface area (Å²) in [7, 11) is 0. The van der Waals surface area contributed by atoms with Crippen molar-refractivity contribution in [3.8, 4) is 0 Å². The van der Waals surface area contributed by atoms with Gasteiger partial charge in [0.2, 0.25) is 0 Å². The first-order chi connectivity index (χ1) is 11.2. The maximum Gasteiger partial charge on any atom is 0.299 e. The maximum atomic E-state index is 11.1. The molecule has 0 aliphatic heterocycles. The van der Waals surface area contributed by atoms with Crippen molar-refractivity contribution in [3.63, 3.8) is 0 Å². The fraction of sp³-hybridized carbons (Fsp3) is 0.417. The van der Waals surface area contributed by atoms with Crippen LogP contribution < -0.4 is 5.32 Å². The van der Waals surface area contributed by atoms with E-state index in [2.05, 4.69) is 5.32 Å². The monoisotopic (exact) mass is 345 g/mol. The molecule has 132 valence electrons. The number of aliphatic hydroxyl groups is 4. The molecule has 0 unspecified atom stereocenters. The molecule has 0 fully saturated rings. The highest BCUT2D eigenvalue weighted by molar-refractivity contribution is 5.72. The molecule has 0 amide bonds. The number of non-ortho nitro benzene ring substituents is 1. The average Bonchev–Trinajstić information content (AvgIpc) is 2.57. The largest absolute Gasteiger partial charge is 0.394 e. The van der Waals surface area contributed by atoms with E-state index in [4.69, 9.17) is 5.11 Å². The molecule has 0 aliphatic rings. The zero-order valence-corrected chi connectivity index (χ0v) is 12.1. The van der Waals surface area contributed by atoms with Gasteiger partial charge in [-0.2, -0.15) is 0 Å². The van der Waals surface area contributed by atoms with Crippen LogP contribution in [-0.2, 0) is 4.79 Å². The predicted octanol–water partition coefficient (Wildman–Crippen LogP) is -1.44. The fourth-order valence-electron chi connectivity index (χ4n) is 1.83. The lowest BCUT2D eigenvalue weighted by Gasteiger charge is -2.26. The summed E-state index contributed by atoms with van der Waals surface area (Å²) in [6, 6.07) is 0.994. The number of nitro groups is 2. The number of aldehydes is 1. The number of hydrogen-bond acceptors (Lipinski definition) is 10. The Morgan fingerprint density at radius 3 is 2.21 bits per heavy atom. The van der Waals surface area contributed by atoms with Crippen LogP contribution in [-0.4, -0.2) is 67.5 Å². The van der Waals surface area contributed by atoms with Gasteiger partial charge in [-0.15, -0.1) is 0 Å². The molecular formula is C12H15N3O9. The van der Waals surface area contributed by atoms with Gasteiger partial charge in [0.15, 0.2) is 0 Å². The van der Waals surface area contributed by atoms with Crippen molar-refractivity contribution in [2.75, 3.05) is 11.9 Å². The number of nitro benzene ring substituents is 2. The van der Waals surface area contributed by atoms with Crippen LogP contribution in [0.2, 0.25) is 0 Å². The van der Waals surface area contributed by atoms with Crippen molar-refractivity contribution in [2.24, 2.45) is 0 Å². The Hall–Kier alpha value is -2.67. The molecule has 12 heteroatoms. The fourth-order valence-corrected chi connectivity index (χ4v) is 1.83. The molecule has 4 atom stereocenters. The highest BCUT2D eigenvalue weighted by Gasteiger charge is 2.32. The zero-order chi connectivity index (χ0) is 18.4. The zero-order valence-electron chi connectivity index (χ0n) is 12.1. The Morgan fingerprint density at radius 2 is 1.75 bits per heavy atom. The normalized spacial score (nSPS) is 15.8. The second-order valence-electron chi connectivity index (χ2n) is 4.75. The lowest BCUT2D eigenvalue weighted by Crippen LogP contribution is -2.49. The molecule has 24 heavy (non-hydrogen) atoms. The van der Waals surface area contributed by atoms with E-state index in [1.165, 1.54) is 0 Å². The van der Waals surface area contributed by atoms with Crippen LogP contribution in [0.5, 0.6) is 0 Å². The Bertz CT molecular complexity index is 624. The Labute approximate surface area is 134 Å². The molecule has 1 aromatic carbocycles. The Balaban J connectivity index is 3.10. The molecule has 0 saturated carbocycles. The molecule has 1 rings (SSSR count). The van der Waals surface area contributed by atoms with Crippen molar-refractivity contribution < 1.29 is 35.1 Å². The summed E-state index contributed by atoms with van der Waals surface area (Å²) in [5.41, 5.74) is -1.58. The van der Waals surface area contributed by atoms with Crippen LogP contribution in [0.15, 0.2) is 18.2 Å². The van der Waals surface area contributed by atoms with E-state index in [1.807, 2.05) is 0 Å². The number of nitrogens with one attached hydrogen (secondary N) is 1. The first-order valence-electron chi connectivity index (χ1n) is 6.52. The minimum absolute atomic E-state index is 0.128. The van der Waals surface area contributed by atoms with Crippen molar-refractivity contribution in [1.82, 2.24) is 0 Å². The van der Waals surface area contributed by atoms with E-state index in [0.29, 0.717) is 6.07 Å². The van der Waals surface area contributed by atoms with Gasteiger partial charge in [0.25, 0.3) is 11.4 Å². The first kappa shape index (κ1) is 19.4. The summed E-state index contributed by atoms with van der Waals surface area (Å²) in [5.74, 6) is 0. The van der Waals surface area contributed by atoms with E-state index in [-0.39, 0.29) is 12.0 Å². The third-order valence-electron chi connectivity index (χ3n) is 3.16. The highest BCUT2D eigenvalue weighted by Crippen LogP contribution is 2.29. The van der Waals surface area contributed by atoms with Crippen molar-refractivity contribution in [1.29, 1.82) is 0 Å². The van der Waals surface area contributed by atoms with E-state index in [9.17, 15) is 40.3 Å². The average molecular weight is 345 g/mol. The molecule has 0 aliphatic carbocycles. The SMILES string of the molecule is O=C[C@H](Nc1ccc([N+](=O)[O-])cc1[N+](=O)[O-])[C@@H](O)[C@H](O)[C@H](O)CO. The molecule has 0 aromatic heterocycles. The number of benzene rings is 1. The van der Waals surface area contributed by atoms with Crippen LogP contribution in [0.3, 0.4) is 0 Å². The standard InChI is InChI=1S/C12H15N3O9/c16-4-8(11(19)12(20)10(18)5-17)13-7-2-1-6(14(21)22)3-9(7)15(23)24/h1-4,8,10-13,17-20H,5H2/t8-,10+,11+,12+/m0/s1. The van der Waals surface area contributed by atoms with Gasteiger partial charge in [0.1, 0.15) is 36.3 Å². The highest BCUT2D eigenvalue weighted by atomic mass is 16.6. The maximum absolute atomic E-state index is 11.1. The van der Waals surface area contributed by atoms with Gasteiger partial charge in [-0.05, 0) is 6.07 Å². The summed E-state index contributed by atoms with van der Waals surface area (Å²) >= 11 is 0. The molecule has 12 nitrogen and oxygen atoms in total. The smallest absolute Gasteiger partial charge is 0.299 e. The van der Waals surface area contributed by atoms with Gasteiger partial charge in [-0.25, -0.2) is 0 Å². The summed E-state index contributed by atoms with van der Waals surface area (Å²) in [4.78, 5) is 30.9. The van der Waals surface area contributed by atoms with E-state index in [0.717, 1.165) is 12.1 Å². The van der Waals surface area contributed by atoms with Gasteiger partial charge in [-0.3, -0.25) is 20.2 Å². The third kappa shape index (κ3) is 4.42. The molecule has 0 saturated heterocycles. The third-order valence-corrected chi connectivity index (χ3v) is 3.16. The van der Waals surface area contributed by atoms with Crippen LogP contribution in [0.1, 0.15) is 0 Å². The van der Waals surface area contributed by atoms with Crippen LogP contribution >= 0.6 is 0 Å².